The first-order valence-corrected chi connectivity index (χ1v) is 12.4. The number of hydrogen-bond acceptors (Lipinski definition) is 6. The molecule has 190 valence electrons. The van der Waals surface area contributed by atoms with Crippen LogP contribution in [0.1, 0.15) is 60.7 Å². The molecule has 0 radical (unpaired) electrons. The van der Waals surface area contributed by atoms with Crippen LogP contribution < -0.4 is 5.56 Å². The van der Waals surface area contributed by atoms with Crippen molar-refractivity contribution in [1.82, 2.24) is 30.1 Å². The van der Waals surface area contributed by atoms with Gasteiger partial charge in [-0.05, 0) is 79.9 Å². The smallest absolute Gasteiger partial charge is 0.253 e. The second-order valence-electron chi connectivity index (χ2n) is 10.5. The summed E-state index contributed by atoms with van der Waals surface area (Å²) < 4.78 is 7.56. The van der Waals surface area contributed by atoms with Gasteiger partial charge in [0.05, 0.1) is 23.9 Å². The zero-order chi connectivity index (χ0) is 26.2. The first kappa shape index (κ1) is 24.6. The number of rotatable bonds is 7. The van der Waals surface area contributed by atoms with Gasteiger partial charge in [0.15, 0.2) is 5.82 Å². The molecule has 0 aliphatic rings. The van der Waals surface area contributed by atoms with Crippen LogP contribution in [0.5, 0.6) is 0 Å². The zero-order valence-electron chi connectivity index (χ0n) is 21.9. The maximum Gasteiger partial charge on any atom is 0.253 e. The highest BCUT2D eigenvalue weighted by Gasteiger charge is 2.34. The molecule has 0 amide bonds. The minimum atomic E-state index is -0.535. The Kier molecular flexibility index (Phi) is 6.52. The van der Waals surface area contributed by atoms with Crippen molar-refractivity contribution in [1.29, 1.82) is 0 Å². The Hall–Kier alpha value is -4.04. The molecule has 8 heteroatoms. The quantitative estimate of drug-likeness (QED) is 0.330. The molecule has 0 aliphatic carbocycles. The monoisotopic (exact) mass is 496 g/mol. The van der Waals surface area contributed by atoms with Crippen LogP contribution in [-0.2, 0) is 18.6 Å². The van der Waals surface area contributed by atoms with Gasteiger partial charge in [0, 0.05) is 17.5 Å². The Labute approximate surface area is 215 Å². The fourth-order valence-electron chi connectivity index (χ4n) is 4.80. The second-order valence-corrected chi connectivity index (χ2v) is 10.5. The molecule has 0 aliphatic heterocycles. The Morgan fingerprint density at radius 3 is 2.46 bits per heavy atom. The van der Waals surface area contributed by atoms with E-state index in [1.54, 1.807) is 6.26 Å². The number of tetrazole rings is 1. The molecular formula is C29H32N6O2. The fourth-order valence-corrected chi connectivity index (χ4v) is 4.80. The number of benzene rings is 2. The summed E-state index contributed by atoms with van der Waals surface area (Å²) in [4.78, 5) is 19.1. The first-order chi connectivity index (χ1) is 17.7. The Morgan fingerprint density at radius 2 is 1.76 bits per heavy atom. The SMILES string of the molecule is Cc1ccc(C)c2[nH]c(=O)c([C@H](c3nnnn3C(C)(C)C)N(Cc3ccccc3)Cc3ccco3)cc12. The number of nitrogens with zero attached hydrogens (tertiary/aromatic N) is 5. The van der Waals surface area contributed by atoms with Crippen molar-refractivity contribution in [2.45, 2.75) is 59.3 Å². The fraction of sp³-hybridized carbons (Fsp3) is 0.310. The maximum absolute atomic E-state index is 13.8. The summed E-state index contributed by atoms with van der Waals surface area (Å²) in [5.74, 6) is 1.39. The van der Waals surface area contributed by atoms with Crippen molar-refractivity contribution in [3.8, 4) is 0 Å². The number of H-pyrrole nitrogens is 1. The number of aromatic nitrogens is 5. The average molecular weight is 497 g/mol. The second kappa shape index (κ2) is 9.78. The molecule has 3 heterocycles. The molecule has 5 rings (SSSR count). The molecule has 2 aromatic carbocycles. The summed E-state index contributed by atoms with van der Waals surface area (Å²) in [6.45, 7) is 11.2. The standard InChI is InChI=1S/C29H32N6O2/c1-19-13-14-20(2)25-23(19)16-24(28(36)30-25)26(27-31-32-33-35(27)29(3,4)5)34(18-22-12-9-15-37-22)17-21-10-7-6-8-11-21/h6-16,26H,17-18H2,1-5H3,(H,30,36)/t26-/m1/s1. The highest BCUT2D eigenvalue weighted by atomic mass is 16.3. The van der Waals surface area contributed by atoms with Crippen LogP contribution in [0.15, 0.2) is 76.1 Å². The molecule has 1 atom stereocenters. The van der Waals surface area contributed by atoms with Crippen LogP contribution in [0.4, 0.5) is 0 Å². The van der Waals surface area contributed by atoms with Crippen LogP contribution in [0.3, 0.4) is 0 Å². The lowest BCUT2D eigenvalue weighted by molar-refractivity contribution is 0.171. The Bertz CT molecular complexity index is 1560. The third-order valence-corrected chi connectivity index (χ3v) is 6.67. The van der Waals surface area contributed by atoms with E-state index in [1.165, 1.54) is 0 Å². The number of furan rings is 1. The van der Waals surface area contributed by atoms with E-state index in [4.69, 9.17) is 4.42 Å². The van der Waals surface area contributed by atoms with E-state index in [0.29, 0.717) is 24.5 Å². The van der Waals surface area contributed by atoms with Gasteiger partial charge >= 0.3 is 0 Å². The summed E-state index contributed by atoms with van der Waals surface area (Å²) in [6.07, 6.45) is 1.67. The van der Waals surface area contributed by atoms with Crippen LogP contribution in [0.25, 0.3) is 10.9 Å². The van der Waals surface area contributed by atoms with Gasteiger partial charge in [0.2, 0.25) is 0 Å². The summed E-state index contributed by atoms with van der Waals surface area (Å²) in [5.41, 5.74) is 4.11. The molecule has 0 spiro atoms. The average Bonchev–Trinajstić information content (AvgIpc) is 3.55. The number of hydrogen-bond donors (Lipinski definition) is 1. The van der Waals surface area contributed by atoms with E-state index < -0.39 is 11.6 Å². The van der Waals surface area contributed by atoms with E-state index in [1.807, 2.05) is 54.1 Å². The van der Waals surface area contributed by atoms with Gasteiger partial charge in [0.25, 0.3) is 5.56 Å². The van der Waals surface area contributed by atoms with E-state index >= 15 is 0 Å². The van der Waals surface area contributed by atoms with Gasteiger partial charge in [-0.2, -0.15) is 0 Å². The predicted molar refractivity (Wildman–Crippen MR) is 143 cm³/mol. The summed E-state index contributed by atoms with van der Waals surface area (Å²) in [6, 6.07) is 19.6. The van der Waals surface area contributed by atoms with Gasteiger partial charge in [-0.3, -0.25) is 9.69 Å². The molecule has 0 saturated carbocycles. The maximum atomic E-state index is 13.8. The van der Waals surface area contributed by atoms with Crippen molar-refractivity contribution in [2.24, 2.45) is 0 Å². The topological polar surface area (TPSA) is 92.8 Å². The van der Waals surface area contributed by atoms with Crippen molar-refractivity contribution < 1.29 is 4.42 Å². The minimum absolute atomic E-state index is 0.160. The van der Waals surface area contributed by atoms with Crippen molar-refractivity contribution in [3.05, 3.63) is 111 Å². The van der Waals surface area contributed by atoms with Crippen molar-refractivity contribution in [3.63, 3.8) is 0 Å². The van der Waals surface area contributed by atoms with E-state index in [-0.39, 0.29) is 5.56 Å². The molecular weight excluding hydrogens is 464 g/mol. The van der Waals surface area contributed by atoms with Crippen molar-refractivity contribution >= 4 is 10.9 Å². The molecule has 1 N–H and O–H groups in total. The zero-order valence-corrected chi connectivity index (χ0v) is 21.9. The van der Waals surface area contributed by atoms with Crippen LogP contribution in [-0.4, -0.2) is 30.1 Å². The highest BCUT2D eigenvalue weighted by molar-refractivity contribution is 5.85. The number of nitrogens with one attached hydrogen (secondary N) is 1. The number of aromatic amines is 1. The van der Waals surface area contributed by atoms with Gasteiger partial charge in [0.1, 0.15) is 11.8 Å². The Morgan fingerprint density at radius 1 is 1.00 bits per heavy atom. The highest BCUT2D eigenvalue weighted by Crippen LogP contribution is 2.33. The number of aryl methyl sites for hydroxylation is 2. The van der Waals surface area contributed by atoms with Gasteiger partial charge in [-0.1, -0.05) is 42.5 Å². The molecule has 0 fully saturated rings. The number of pyridine rings is 1. The summed E-state index contributed by atoms with van der Waals surface area (Å²) in [7, 11) is 0. The van der Waals surface area contributed by atoms with E-state index in [2.05, 4.69) is 71.3 Å². The molecule has 8 nitrogen and oxygen atoms in total. The third kappa shape index (κ3) is 4.97. The van der Waals surface area contributed by atoms with Crippen LogP contribution in [0, 0.1) is 13.8 Å². The number of fused-ring (bicyclic) bond motifs is 1. The van der Waals surface area contributed by atoms with Gasteiger partial charge in [-0.15, -0.1) is 5.10 Å². The first-order valence-electron chi connectivity index (χ1n) is 12.4. The largest absolute Gasteiger partial charge is 0.468 e. The normalized spacial score (nSPS) is 12.9. The molecule has 0 unspecified atom stereocenters. The molecule has 5 aromatic rings. The molecule has 0 saturated heterocycles. The third-order valence-electron chi connectivity index (χ3n) is 6.67. The lowest BCUT2D eigenvalue weighted by Gasteiger charge is -2.32. The lowest BCUT2D eigenvalue weighted by atomic mass is 9.98. The van der Waals surface area contributed by atoms with Crippen LogP contribution >= 0.6 is 0 Å². The molecule has 3 aromatic heterocycles. The predicted octanol–water partition coefficient (Wildman–Crippen LogP) is 5.27. The van der Waals surface area contributed by atoms with E-state index in [9.17, 15) is 4.79 Å². The molecule has 37 heavy (non-hydrogen) atoms. The van der Waals surface area contributed by atoms with Gasteiger partial charge in [-0.25, -0.2) is 4.68 Å². The molecule has 0 bridgehead atoms. The van der Waals surface area contributed by atoms with E-state index in [0.717, 1.165) is 33.4 Å². The Balaban J connectivity index is 1.76. The van der Waals surface area contributed by atoms with Crippen LogP contribution in [0.2, 0.25) is 0 Å². The van der Waals surface area contributed by atoms with Gasteiger partial charge < -0.3 is 9.40 Å². The minimum Gasteiger partial charge on any atom is -0.468 e. The summed E-state index contributed by atoms with van der Waals surface area (Å²) in [5, 5.41) is 13.9. The lowest BCUT2D eigenvalue weighted by Crippen LogP contribution is -2.37. The summed E-state index contributed by atoms with van der Waals surface area (Å²) >= 11 is 0. The van der Waals surface area contributed by atoms with Crippen molar-refractivity contribution in [2.75, 3.05) is 0 Å².